The van der Waals surface area contributed by atoms with Gasteiger partial charge in [-0.1, -0.05) is 0 Å². The molecule has 2 aliphatic heterocycles. The van der Waals surface area contributed by atoms with Gasteiger partial charge in [-0.3, -0.25) is 0 Å². The first kappa shape index (κ1) is 19.2. The van der Waals surface area contributed by atoms with Gasteiger partial charge >= 0.3 is 145 Å². The van der Waals surface area contributed by atoms with Gasteiger partial charge in [-0.15, -0.1) is 0 Å². The van der Waals surface area contributed by atoms with Crippen molar-refractivity contribution < 1.29 is 13.0 Å². The second-order valence-corrected chi connectivity index (χ2v) is 19.1. The summed E-state index contributed by atoms with van der Waals surface area (Å²) in [6.45, 7) is 18.4. The summed E-state index contributed by atoms with van der Waals surface area (Å²) >= 11 is 0.675. The topological polar surface area (TPSA) is 27.7 Å². The molecule has 2 saturated heterocycles. The van der Waals surface area contributed by atoms with Crippen LogP contribution in [0.5, 0.6) is 0 Å². The minimum absolute atomic E-state index is 0.295. The van der Waals surface area contributed by atoms with Crippen molar-refractivity contribution in [3.8, 4) is 0 Å². The summed E-state index contributed by atoms with van der Waals surface area (Å²) in [5.74, 6) is 0. The molecule has 0 aromatic rings. The zero-order valence-electron chi connectivity index (χ0n) is 15.5. The van der Waals surface area contributed by atoms with E-state index in [1.807, 2.05) is 0 Å². The molecule has 0 aromatic carbocycles. The van der Waals surface area contributed by atoms with Gasteiger partial charge in [0.1, 0.15) is 0 Å². The Kier molecular flexibility index (Phi) is 6.08. The Balaban J connectivity index is 2.51. The van der Waals surface area contributed by atoms with Crippen LogP contribution in [0.4, 0.5) is 0 Å². The molecule has 22 heavy (non-hydrogen) atoms. The summed E-state index contributed by atoms with van der Waals surface area (Å²) in [6, 6.07) is 0. The van der Waals surface area contributed by atoms with Gasteiger partial charge in [-0.2, -0.15) is 0 Å². The molecule has 2 heterocycles. The molecule has 0 saturated carbocycles. The number of rotatable bonds is 4. The number of fused-ring (bicyclic) bond motifs is 1. The van der Waals surface area contributed by atoms with E-state index in [1.54, 1.807) is 0 Å². The molecule has 0 aliphatic carbocycles. The van der Waals surface area contributed by atoms with Crippen molar-refractivity contribution >= 4 is 32.1 Å². The molecule has 130 valence electrons. The fraction of sp³-hybridized carbons (Fsp3) is 1.00. The Hall–Kier alpha value is 0.833. The number of hydrogen-bond acceptors (Lipinski definition) is 3. The fourth-order valence-electron chi connectivity index (χ4n) is 3.85. The van der Waals surface area contributed by atoms with E-state index >= 15 is 0 Å². The summed E-state index contributed by atoms with van der Waals surface area (Å²) in [5, 5.41) is 2.41. The van der Waals surface area contributed by atoms with E-state index in [1.165, 1.54) is 10.6 Å². The monoisotopic (exact) mass is 410 g/mol. The summed E-state index contributed by atoms with van der Waals surface area (Å²) in [6.07, 6.45) is 0.590. The van der Waals surface area contributed by atoms with Gasteiger partial charge in [-0.25, -0.2) is 0 Å². The van der Waals surface area contributed by atoms with Crippen LogP contribution in [0.15, 0.2) is 0 Å². The molecule has 0 aromatic heterocycles. The normalized spacial score (nSPS) is 31.1. The van der Waals surface area contributed by atoms with Crippen molar-refractivity contribution in [2.24, 2.45) is 0 Å². The van der Waals surface area contributed by atoms with Gasteiger partial charge in [0.25, 0.3) is 0 Å². The van der Waals surface area contributed by atoms with E-state index in [0.717, 1.165) is 0 Å². The molecule has 0 spiro atoms. The second-order valence-electron chi connectivity index (χ2n) is 8.01. The molecule has 6 heteroatoms. The molecule has 2 fully saturated rings. The fourth-order valence-corrected chi connectivity index (χ4v) is 18.2. The van der Waals surface area contributed by atoms with Gasteiger partial charge < -0.3 is 0 Å². The van der Waals surface area contributed by atoms with Crippen LogP contribution >= 0.6 is 0 Å². The first-order chi connectivity index (χ1) is 10.2. The van der Waals surface area contributed by atoms with Crippen molar-refractivity contribution in [1.29, 1.82) is 0 Å². The predicted octanol–water partition coefficient (Wildman–Crippen LogP) is 4.87. The third-order valence-corrected chi connectivity index (χ3v) is 17.9. The Morgan fingerprint density at radius 1 is 0.682 bits per heavy atom. The van der Waals surface area contributed by atoms with E-state index < -0.39 is 17.1 Å². The van der Waals surface area contributed by atoms with E-state index in [-0.39, 0.29) is 0 Å². The summed E-state index contributed by atoms with van der Waals surface area (Å²) in [7, 11) is -4.58. The maximum absolute atomic E-state index is 7.11. The molecule has 0 radical (unpaired) electrons. The molecule has 0 amide bonds. The molecule has 2 rings (SSSR count). The Morgan fingerprint density at radius 2 is 1.00 bits per heavy atom. The molecular weight excluding hydrogens is 375 g/mol. The molecule has 2 atom stereocenters. The van der Waals surface area contributed by atoms with Crippen LogP contribution in [-0.4, -0.2) is 44.3 Å². The van der Waals surface area contributed by atoms with Crippen LogP contribution in [0.1, 0.15) is 55.4 Å². The molecule has 0 unspecified atom stereocenters. The van der Waals surface area contributed by atoms with Crippen molar-refractivity contribution in [2.75, 3.05) is 0 Å². The van der Waals surface area contributed by atoms with Crippen molar-refractivity contribution in [1.82, 2.24) is 0 Å². The zero-order valence-corrected chi connectivity index (χ0v) is 19.2. The van der Waals surface area contributed by atoms with E-state index in [2.05, 4.69) is 55.4 Å². The molecular formula is C16H34O3SeSi2. The van der Waals surface area contributed by atoms with E-state index in [0.29, 0.717) is 49.3 Å². The first-order valence-corrected chi connectivity index (χ1v) is 15.2. The Morgan fingerprint density at radius 3 is 1.27 bits per heavy atom. The first-order valence-electron chi connectivity index (χ1n) is 8.79. The predicted molar refractivity (Wildman–Crippen MR) is 98.1 cm³/mol. The van der Waals surface area contributed by atoms with Crippen LogP contribution in [0, 0.1) is 0 Å². The maximum atomic E-state index is 7.11. The van der Waals surface area contributed by atoms with E-state index in [4.69, 9.17) is 13.0 Å². The van der Waals surface area contributed by atoms with Crippen molar-refractivity contribution in [3.05, 3.63) is 0 Å². The van der Waals surface area contributed by atoms with Gasteiger partial charge in [0.15, 0.2) is 0 Å². The Bertz CT molecular complexity index is 338. The van der Waals surface area contributed by atoms with Gasteiger partial charge in [0.05, 0.1) is 0 Å². The second kappa shape index (κ2) is 6.98. The van der Waals surface area contributed by atoms with Crippen molar-refractivity contribution in [2.45, 2.75) is 100 Å². The van der Waals surface area contributed by atoms with Crippen LogP contribution in [0.25, 0.3) is 0 Å². The van der Waals surface area contributed by atoms with E-state index in [9.17, 15) is 0 Å². The SMILES string of the molecule is CC(C)[Si]1(C(C)C)O[C@H]2C[Se]C[C@@H]2O[Si](C(C)C)(C(C)C)O1. The van der Waals surface area contributed by atoms with Gasteiger partial charge in [-0.05, 0) is 0 Å². The van der Waals surface area contributed by atoms with Crippen LogP contribution in [0.3, 0.4) is 0 Å². The molecule has 2 aliphatic rings. The average Bonchev–Trinajstić information content (AvgIpc) is 2.75. The zero-order chi connectivity index (χ0) is 16.7. The third kappa shape index (κ3) is 3.17. The molecule has 3 nitrogen and oxygen atoms in total. The van der Waals surface area contributed by atoms with Crippen LogP contribution in [0.2, 0.25) is 32.8 Å². The standard InChI is InChI=1S/C16H34O3SeSi2/c1-11(2)21(12(3)4)17-15-9-20-10-16(15)18-22(19-21,13(5)6)14(7)8/h11-16H,9-10H2,1-8H3/t15-,16-/m0/s1. The summed E-state index contributed by atoms with van der Waals surface area (Å²) in [4.78, 5) is 0. The van der Waals surface area contributed by atoms with Crippen LogP contribution in [-0.2, 0) is 13.0 Å². The third-order valence-electron chi connectivity index (χ3n) is 5.19. The van der Waals surface area contributed by atoms with Gasteiger partial charge in [0, 0.05) is 0 Å². The Labute approximate surface area is 145 Å². The number of hydrogen-bond donors (Lipinski definition) is 0. The van der Waals surface area contributed by atoms with Crippen LogP contribution < -0.4 is 0 Å². The molecule has 0 bridgehead atoms. The summed E-state index contributed by atoms with van der Waals surface area (Å²) < 4.78 is 20.8. The molecule has 0 N–H and O–H groups in total. The average molecular weight is 410 g/mol. The summed E-state index contributed by atoms with van der Waals surface area (Å²) in [5.41, 5.74) is 1.86. The van der Waals surface area contributed by atoms with Gasteiger partial charge in [0.2, 0.25) is 0 Å². The quantitative estimate of drug-likeness (QED) is 0.620. The minimum atomic E-state index is -2.29. The van der Waals surface area contributed by atoms with Crippen molar-refractivity contribution in [3.63, 3.8) is 0 Å².